The summed E-state index contributed by atoms with van der Waals surface area (Å²) in [5.74, 6) is 1.27. The Morgan fingerprint density at radius 1 is 0.933 bits per heavy atom. The van der Waals surface area contributed by atoms with Crippen LogP contribution in [0.1, 0.15) is 17.1 Å². The van der Waals surface area contributed by atoms with E-state index in [9.17, 15) is 8.42 Å². The Hall–Kier alpha value is -3.53. The Morgan fingerprint density at radius 2 is 1.63 bits per heavy atom. The van der Waals surface area contributed by atoms with E-state index in [0.717, 1.165) is 22.3 Å². The van der Waals surface area contributed by atoms with Gasteiger partial charge in [0.05, 0.1) is 17.0 Å². The van der Waals surface area contributed by atoms with Crippen molar-refractivity contribution >= 4 is 44.0 Å². The van der Waals surface area contributed by atoms with Gasteiger partial charge in [-0.05, 0) is 49.7 Å². The molecule has 2 heterocycles. The molecule has 0 spiro atoms. The minimum atomic E-state index is -3.12. The van der Waals surface area contributed by atoms with Gasteiger partial charge in [-0.15, -0.1) is 0 Å². The molecule has 0 aliphatic heterocycles. The summed E-state index contributed by atoms with van der Waals surface area (Å²) < 4.78 is 23.1. The van der Waals surface area contributed by atoms with Gasteiger partial charge in [0.2, 0.25) is 11.9 Å². The van der Waals surface area contributed by atoms with Crippen molar-refractivity contribution in [2.24, 2.45) is 0 Å². The molecular formula is C20H21N7O2S. The van der Waals surface area contributed by atoms with Crippen LogP contribution in [0.2, 0.25) is 0 Å². The first-order chi connectivity index (χ1) is 14.2. The molecule has 0 amide bonds. The highest BCUT2D eigenvalue weighted by Crippen LogP contribution is 2.22. The lowest BCUT2D eigenvalue weighted by atomic mass is 10.2. The summed E-state index contributed by atoms with van der Waals surface area (Å²) in [5, 5.41) is 14.6. The maximum absolute atomic E-state index is 11.5. The number of rotatable bonds is 6. The first kappa shape index (κ1) is 19.8. The lowest BCUT2D eigenvalue weighted by Gasteiger charge is -2.10. The lowest BCUT2D eigenvalue weighted by Crippen LogP contribution is -2.06. The molecule has 154 valence electrons. The van der Waals surface area contributed by atoms with Crippen molar-refractivity contribution in [3.8, 4) is 0 Å². The molecule has 2 aromatic heterocycles. The minimum absolute atomic E-state index is 0.0267. The maximum Gasteiger partial charge on any atom is 0.232 e. The fraction of sp³-hybridized carbons (Fsp3) is 0.200. The molecule has 0 radical (unpaired) electrons. The Labute approximate surface area is 173 Å². The fourth-order valence-electron chi connectivity index (χ4n) is 3.13. The molecular weight excluding hydrogens is 402 g/mol. The zero-order valence-electron chi connectivity index (χ0n) is 16.8. The molecule has 0 atom stereocenters. The van der Waals surface area contributed by atoms with Gasteiger partial charge < -0.3 is 10.6 Å². The van der Waals surface area contributed by atoms with Crippen LogP contribution >= 0.6 is 0 Å². The van der Waals surface area contributed by atoms with Gasteiger partial charge in [-0.1, -0.05) is 12.1 Å². The third-order valence-corrected chi connectivity index (χ3v) is 5.23. The van der Waals surface area contributed by atoms with Crippen LogP contribution < -0.4 is 10.6 Å². The second-order valence-electron chi connectivity index (χ2n) is 7.12. The molecule has 0 aliphatic rings. The molecule has 0 saturated carbocycles. The van der Waals surface area contributed by atoms with Crippen LogP contribution in [0.4, 0.5) is 23.3 Å². The van der Waals surface area contributed by atoms with Crippen molar-refractivity contribution in [1.29, 1.82) is 0 Å². The number of anilines is 4. The molecule has 4 rings (SSSR count). The largest absolute Gasteiger partial charge is 0.324 e. The summed E-state index contributed by atoms with van der Waals surface area (Å²) >= 11 is 0. The van der Waals surface area contributed by atoms with Crippen LogP contribution in [0.15, 0.2) is 42.5 Å². The number of H-pyrrole nitrogens is 1. The topological polar surface area (TPSA) is 126 Å². The van der Waals surface area contributed by atoms with Crippen molar-refractivity contribution in [3.63, 3.8) is 0 Å². The molecule has 9 nitrogen and oxygen atoms in total. The average Bonchev–Trinajstić information content (AvgIpc) is 3.00. The molecule has 3 N–H and O–H groups in total. The number of benzene rings is 2. The molecule has 30 heavy (non-hydrogen) atoms. The van der Waals surface area contributed by atoms with Crippen LogP contribution in [0.3, 0.4) is 0 Å². The summed E-state index contributed by atoms with van der Waals surface area (Å²) in [6.45, 7) is 3.73. The second-order valence-corrected chi connectivity index (χ2v) is 9.26. The number of hydrogen-bond acceptors (Lipinski definition) is 8. The molecule has 4 aromatic rings. The number of sulfone groups is 1. The highest BCUT2D eigenvalue weighted by molar-refractivity contribution is 7.89. The van der Waals surface area contributed by atoms with Gasteiger partial charge in [-0.2, -0.15) is 20.1 Å². The van der Waals surface area contributed by atoms with Gasteiger partial charge >= 0.3 is 0 Å². The molecule has 10 heteroatoms. The van der Waals surface area contributed by atoms with E-state index < -0.39 is 9.84 Å². The van der Waals surface area contributed by atoms with Gasteiger partial charge in [0.25, 0.3) is 0 Å². The van der Waals surface area contributed by atoms with Crippen molar-refractivity contribution in [2.75, 3.05) is 16.9 Å². The van der Waals surface area contributed by atoms with Crippen LogP contribution in [0.25, 0.3) is 10.9 Å². The summed E-state index contributed by atoms with van der Waals surface area (Å²) in [6, 6.07) is 13.0. The lowest BCUT2D eigenvalue weighted by molar-refractivity contribution is 0.601. The summed E-state index contributed by atoms with van der Waals surface area (Å²) in [4.78, 5) is 13.1. The smallest absolute Gasteiger partial charge is 0.232 e. The van der Waals surface area contributed by atoms with Crippen molar-refractivity contribution in [2.45, 2.75) is 19.6 Å². The number of aromatic nitrogens is 5. The number of nitrogens with zero attached hydrogens (tertiary/aromatic N) is 4. The number of hydrogen-bond donors (Lipinski definition) is 3. The highest BCUT2D eigenvalue weighted by Gasteiger charge is 2.09. The average molecular weight is 424 g/mol. The summed E-state index contributed by atoms with van der Waals surface area (Å²) in [6.07, 6.45) is 1.21. The van der Waals surface area contributed by atoms with E-state index in [1.165, 1.54) is 6.26 Å². The molecule has 0 aliphatic carbocycles. The van der Waals surface area contributed by atoms with E-state index in [4.69, 9.17) is 0 Å². The Bertz CT molecular complexity index is 1330. The predicted octanol–water partition coefficient (Wildman–Crippen LogP) is 3.40. The van der Waals surface area contributed by atoms with E-state index in [0.29, 0.717) is 29.0 Å². The molecule has 2 aromatic carbocycles. The Kier molecular flexibility index (Phi) is 5.08. The third kappa shape index (κ3) is 4.71. The molecule has 0 unspecified atom stereocenters. The van der Waals surface area contributed by atoms with E-state index in [1.54, 1.807) is 25.1 Å². The van der Waals surface area contributed by atoms with Crippen molar-refractivity contribution in [1.82, 2.24) is 25.1 Å². The van der Waals surface area contributed by atoms with Gasteiger partial charge in [0.1, 0.15) is 5.82 Å². The number of aryl methyl sites for hydroxylation is 2. The summed E-state index contributed by atoms with van der Waals surface area (Å²) in [5.41, 5.74) is 4.07. The van der Waals surface area contributed by atoms with Crippen molar-refractivity contribution < 1.29 is 8.42 Å². The van der Waals surface area contributed by atoms with E-state index in [1.807, 2.05) is 31.2 Å². The number of aromatic amines is 1. The normalized spacial score (nSPS) is 11.6. The quantitative estimate of drug-likeness (QED) is 0.431. The molecule has 0 bridgehead atoms. The number of fused-ring (bicyclic) bond motifs is 1. The number of nitrogens with one attached hydrogen (secondary N) is 3. The molecule has 0 fully saturated rings. The van der Waals surface area contributed by atoms with Gasteiger partial charge in [0.15, 0.2) is 9.84 Å². The Morgan fingerprint density at radius 3 is 2.33 bits per heavy atom. The van der Waals surface area contributed by atoms with Gasteiger partial charge in [0, 0.05) is 23.0 Å². The van der Waals surface area contributed by atoms with Gasteiger partial charge in [-0.25, -0.2) is 8.42 Å². The van der Waals surface area contributed by atoms with E-state index >= 15 is 0 Å². The SMILES string of the molecule is Cc1nc(Nc2cccc(CS(C)(=O)=O)c2)nc(Nc2ccc3c(C)n[nH]c3c2)n1. The van der Waals surface area contributed by atoms with E-state index in [2.05, 4.69) is 35.8 Å². The monoisotopic (exact) mass is 423 g/mol. The standard InChI is InChI=1S/C20H21N7O2S/c1-12-17-8-7-16(10-18(17)27-26-12)24-20-22-13(2)21-19(25-20)23-15-6-4-5-14(9-15)11-30(3,28)29/h4-10H,11H2,1-3H3,(H,26,27)(H2,21,22,23,24,25). The minimum Gasteiger partial charge on any atom is -0.324 e. The van der Waals surface area contributed by atoms with Crippen molar-refractivity contribution in [3.05, 3.63) is 59.5 Å². The fourth-order valence-corrected chi connectivity index (χ4v) is 3.91. The van der Waals surface area contributed by atoms with Crippen LogP contribution in [-0.4, -0.2) is 39.8 Å². The molecule has 0 saturated heterocycles. The Balaban J connectivity index is 1.56. The maximum atomic E-state index is 11.5. The van der Waals surface area contributed by atoms with E-state index in [-0.39, 0.29) is 5.75 Å². The zero-order chi connectivity index (χ0) is 21.3. The van der Waals surface area contributed by atoms with Crippen LogP contribution in [0.5, 0.6) is 0 Å². The first-order valence-electron chi connectivity index (χ1n) is 9.23. The van der Waals surface area contributed by atoms with Crippen LogP contribution in [0, 0.1) is 13.8 Å². The van der Waals surface area contributed by atoms with Gasteiger partial charge in [-0.3, -0.25) is 5.10 Å². The highest BCUT2D eigenvalue weighted by atomic mass is 32.2. The zero-order valence-corrected chi connectivity index (χ0v) is 17.6. The van der Waals surface area contributed by atoms with Crippen LogP contribution in [-0.2, 0) is 15.6 Å². The second kappa shape index (κ2) is 7.71. The summed E-state index contributed by atoms with van der Waals surface area (Å²) in [7, 11) is -3.12. The first-order valence-corrected chi connectivity index (χ1v) is 11.3. The predicted molar refractivity (Wildman–Crippen MR) is 117 cm³/mol. The third-order valence-electron chi connectivity index (χ3n) is 4.37.